The Labute approximate surface area is 109 Å². The third-order valence-corrected chi connectivity index (χ3v) is 3.39. The molecule has 1 aromatic carbocycles. The second-order valence-electron chi connectivity index (χ2n) is 3.94. The molecule has 0 saturated carbocycles. The highest BCUT2D eigenvalue weighted by atomic mass is 127. The lowest BCUT2D eigenvalue weighted by Gasteiger charge is -2.27. The molecule has 0 atom stereocenters. The van der Waals surface area contributed by atoms with Gasteiger partial charge in [0.2, 0.25) is 5.91 Å². The van der Waals surface area contributed by atoms with Gasteiger partial charge in [0.05, 0.1) is 6.42 Å². The van der Waals surface area contributed by atoms with Crippen molar-refractivity contribution in [1.29, 1.82) is 0 Å². The lowest BCUT2D eigenvalue weighted by Crippen LogP contribution is -2.46. The number of carbonyl (C=O) groups excluding carboxylic acids is 1. The van der Waals surface area contributed by atoms with Crippen molar-refractivity contribution in [3.63, 3.8) is 0 Å². The molecule has 16 heavy (non-hydrogen) atoms. The van der Waals surface area contributed by atoms with E-state index in [-0.39, 0.29) is 5.91 Å². The van der Waals surface area contributed by atoms with Crippen LogP contribution >= 0.6 is 22.6 Å². The van der Waals surface area contributed by atoms with Crippen molar-refractivity contribution in [3.8, 4) is 0 Å². The second kappa shape index (κ2) is 5.63. The molecule has 3 nitrogen and oxygen atoms in total. The lowest BCUT2D eigenvalue weighted by molar-refractivity contribution is -0.131. The van der Waals surface area contributed by atoms with Crippen LogP contribution in [-0.2, 0) is 11.2 Å². The van der Waals surface area contributed by atoms with Crippen molar-refractivity contribution in [1.82, 2.24) is 10.2 Å². The molecule has 0 spiro atoms. The van der Waals surface area contributed by atoms with E-state index in [0.29, 0.717) is 6.42 Å². The zero-order valence-electron chi connectivity index (χ0n) is 9.08. The van der Waals surface area contributed by atoms with Gasteiger partial charge in [-0.15, -0.1) is 0 Å². The molecule has 86 valence electrons. The molecule has 0 bridgehead atoms. The SMILES string of the molecule is O=C(Cc1cccc(I)c1)N1CCNCC1. The van der Waals surface area contributed by atoms with Gasteiger partial charge in [-0.05, 0) is 40.3 Å². The predicted molar refractivity (Wildman–Crippen MR) is 72.3 cm³/mol. The lowest BCUT2D eigenvalue weighted by atomic mass is 10.1. The monoisotopic (exact) mass is 330 g/mol. The molecule has 1 amide bonds. The Morgan fingerprint density at radius 1 is 1.38 bits per heavy atom. The molecule has 0 aromatic heterocycles. The van der Waals surface area contributed by atoms with Crippen LogP contribution in [0.2, 0.25) is 0 Å². The summed E-state index contributed by atoms with van der Waals surface area (Å²) < 4.78 is 1.18. The van der Waals surface area contributed by atoms with Crippen LogP contribution in [0.15, 0.2) is 24.3 Å². The maximum atomic E-state index is 12.0. The van der Waals surface area contributed by atoms with Gasteiger partial charge in [0.25, 0.3) is 0 Å². The first-order chi connectivity index (χ1) is 7.75. The van der Waals surface area contributed by atoms with E-state index < -0.39 is 0 Å². The Morgan fingerprint density at radius 3 is 2.81 bits per heavy atom. The summed E-state index contributed by atoms with van der Waals surface area (Å²) in [7, 11) is 0. The van der Waals surface area contributed by atoms with E-state index in [1.165, 1.54) is 3.57 Å². The summed E-state index contributed by atoms with van der Waals surface area (Å²) in [4.78, 5) is 13.9. The molecule has 1 aliphatic heterocycles. The second-order valence-corrected chi connectivity index (χ2v) is 5.18. The largest absolute Gasteiger partial charge is 0.340 e. The maximum Gasteiger partial charge on any atom is 0.227 e. The average Bonchev–Trinajstić information content (AvgIpc) is 2.30. The van der Waals surface area contributed by atoms with Crippen LogP contribution in [0, 0.1) is 3.57 Å². The number of nitrogens with one attached hydrogen (secondary N) is 1. The summed E-state index contributed by atoms with van der Waals surface area (Å²) in [6.07, 6.45) is 0.525. The fourth-order valence-electron chi connectivity index (χ4n) is 1.85. The Kier molecular flexibility index (Phi) is 4.17. The van der Waals surface area contributed by atoms with E-state index >= 15 is 0 Å². The summed E-state index contributed by atoms with van der Waals surface area (Å²) in [5.41, 5.74) is 1.11. The van der Waals surface area contributed by atoms with Crippen LogP contribution in [0.1, 0.15) is 5.56 Å². The standard InChI is InChI=1S/C12H15IN2O/c13-11-3-1-2-10(8-11)9-12(16)15-6-4-14-5-7-15/h1-3,8,14H,4-7,9H2. The number of halogens is 1. The highest BCUT2D eigenvalue weighted by Gasteiger charge is 2.16. The molecule has 0 aliphatic carbocycles. The fourth-order valence-corrected chi connectivity index (χ4v) is 2.46. The van der Waals surface area contributed by atoms with E-state index in [2.05, 4.69) is 34.0 Å². The molecular formula is C12H15IN2O. The summed E-state index contributed by atoms with van der Waals surface area (Å²) in [6, 6.07) is 8.13. The number of benzene rings is 1. The smallest absolute Gasteiger partial charge is 0.227 e. The molecule has 1 N–H and O–H groups in total. The van der Waals surface area contributed by atoms with Crippen LogP contribution in [0.25, 0.3) is 0 Å². The molecule has 0 unspecified atom stereocenters. The third-order valence-electron chi connectivity index (χ3n) is 2.71. The van der Waals surface area contributed by atoms with E-state index in [0.717, 1.165) is 31.7 Å². The van der Waals surface area contributed by atoms with Gasteiger partial charge in [-0.25, -0.2) is 0 Å². The molecule has 0 radical (unpaired) electrons. The minimum Gasteiger partial charge on any atom is -0.340 e. The summed E-state index contributed by atoms with van der Waals surface area (Å²) in [5, 5.41) is 3.25. The quantitative estimate of drug-likeness (QED) is 0.829. The van der Waals surface area contributed by atoms with Crippen LogP contribution in [-0.4, -0.2) is 37.0 Å². The van der Waals surface area contributed by atoms with Gasteiger partial charge < -0.3 is 10.2 Å². The van der Waals surface area contributed by atoms with E-state index in [4.69, 9.17) is 0 Å². The number of nitrogens with zero attached hydrogens (tertiary/aromatic N) is 1. The van der Waals surface area contributed by atoms with E-state index in [1.54, 1.807) is 0 Å². The van der Waals surface area contributed by atoms with E-state index in [9.17, 15) is 4.79 Å². The van der Waals surface area contributed by atoms with Gasteiger partial charge in [0, 0.05) is 29.7 Å². The molecule has 4 heteroatoms. The number of hydrogen-bond donors (Lipinski definition) is 1. The number of rotatable bonds is 2. The van der Waals surface area contributed by atoms with Gasteiger partial charge in [-0.3, -0.25) is 4.79 Å². The normalized spacial score (nSPS) is 16.2. The van der Waals surface area contributed by atoms with Crippen molar-refractivity contribution in [2.45, 2.75) is 6.42 Å². The predicted octanol–water partition coefficient (Wildman–Crippen LogP) is 1.27. The number of piperazine rings is 1. The Balaban J connectivity index is 1.96. The first-order valence-electron chi connectivity index (χ1n) is 5.48. The number of hydrogen-bond acceptors (Lipinski definition) is 2. The number of carbonyl (C=O) groups is 1. The average molecular weight is 330 g/mol. The van der Waals surface area contributed by atoms with Crippen molar-refractivity contribution in [3.05, 3.63) is 33.4 Å². The first kappa shape index (κ1) is 11.9. The molecular weight excluding hydrogens is 315 g/mol. The molecule has 1 saturated heterocycles. The Bertz CT molecular complexity index is 375. The van der Waals surface area contributed by atoms with Crippen LogP contribution in [0.5, 0.6) is 0 Å². The third kappa shape index (κ3) is 3.18. The fraction of sp³-hybridized carbons (Fsp3) is 0.417. The summed E-state index contributed by atoms with van der Waals surface area (Å²) >= 11 is 2.27. The highest BCUT2D eigenvalue weighted by molar-refractivity contribution is 14.1. The topological polar surface area (TPSA) is 32.3 Å². The van der Waals surface area contributed by atoms with Crippen molar-refractivity contribution >= 4 is 28.5 Å². The minimum absolute atomic E-state index is 0.239. The summed E-state index contributed by atoms with van der Waals surface area (Å²) in [6.45, 7) is 3.50. The van der Waals surface area contributed by atoms with E-state index in [1.807, 2.05) is 23.1 Å². The zero-order valence-corrected chi connectivity index (χ0v) is 11.2. The van der Waals surface area contributed by atoms with Crippen molar-refractivity contribution < 1.29 is 4.79 Å². The van der Waals surface area contributed by atoms with Gasteiger partial charge >= 0.3 is 0 Å². The molecule has 1 fully saturated rings. The molecule has 1 aromatic rings. The van der Waals surface area contributed by atoms with Crippen LogP contribution < -0.4 is 5.32 Å². The van der Waals surface area contributed by atoms with Gasteiger partial charge in [0.1, 0.15) is 0 Å². The molecule has 1 heterocycles. The first-order valence-corrected chi connectivity index (χ1v) is 6.56. The molecule has 2 rings (SSSR count). The van der Waals surface area contributed by atoms with Crippen molar-refractivity contribution in [2.24, 2.45) is 0 Å². The highest BCUT2D eigenvalue weighted by Crippen LogP contribution is 2.09. The maximum absolute atomic E-state index is 12.0. The van der Waals surface area contributed by atoms with Gasteiger partial charge in [0.15, 0.2) is 0 Å². The summed E-state index contributed by atoms with van der Waals surface area (Å²) in [5.74, 6) is 0.239. The van der Waals surface area contributed by atoms with Crippen molar-refractivity contribution in [2.75, 3.05) is 26.2 Å². The molecule has 1 aliphatic rings. The van der Waals surface area contributed by atoms with Gasteiger partial charge in [-0.2, -0.15) is 0 Å². The Hall–Kier alpha value is -0.620. The number of amides is 1. The van der Waals surface area contributed by atoms with Gasteiger partial charge in [-0.1, -0.05) is 12.1 Å². The minimum atomic E-state index is 0.239. The van der Waals surface area contributed by atoms with Crippen LogP contribution in [0.4, 0.5) is 0 Å². The van der Waals surface area contributed by atoms with Crippen LogP contribution in [0.3, 0.4) is 0 Å². The zero-order chi connectivity index (χ0) is 11.4. The Morgan fingerprint density at radius 2 is 2.12 bits per heavy atom.